The monoisotopic (exact) mass is 262 g/mol. The third-order valence-electron chi connectivity index (χ3n) is 4.13. The summed E-state index contributed by atoms with van der Waals surface area (Å²) in [5, 5.41) is 0. The smallest absolute Gasteiger partial charge is 0.0508 e. The van der Waals surface area contributed by atoms with Crippen LogP contribution in [0.3, 0.4) is 0 Å². The molecule has 1 heteroatoms. The fraction of sp³-hybridized carbons (Fsp3) is 0.647. The molecule has 0 spiro atoms. The maximum absolute atomic E-state index is 2.64. The lowest BCUT2D eigenvalue weighted by Gasteiger charge is -2.27. The molecule has 0 aliphatic heterocycles. The number of rotatable bonds is 9. The number of unbranched alkanes of at least 4 members (excludes halogenated alkanes) is 2. The molecule has 1 aromatic rings. The minimum atomic E-state index is -0.974. The van der Waals surface area contributed by atoms with Gasteiger partial charge in [-0.2, -0.15) is 0 Å². The third-order valence-corrected chi connectivity index (χ3v) is 8.71. The van der Waals surface area contributed by atoms with Gasteiger partial charge in [0.25, 0.3) is 0 Å². The molecule has 1 aromatic carbocycles. The summed E-state index contributed by atoms with van der Waals surface area (Å²) in [6.45, 7) is 7.29. The molecule has 0 aliphatic carbocycles. The van der Waals surface area contributed by atoms with Gasteiger partial charge in [-0.15, -0.1) is 0 Å². The molecule has 0 amide bonds. The Kier molecular flexibility index (Phi) is 7.34. The van der Waals surface area contributed by atoms with Crippen LogP contribution in [0.15, 0.2) is 30.3 Å². The SMILES string of the molecule is CCCC[Si](C)(CCCC)CCc1ccccc1. The molecule has 0 atom stereocenters. The van der Waals surface area contributed by atoms with Gasteiger partial charge in [0.1, 0.15) is 0 Å². The van der Waals surface area contributed by atoms with Gasteiger partial charge in [0, 0.05) is 0 Å². The summed E-state index contributed by atoms with van der Waals surface area (Å²) in [6.07, 6.45) is 6.92. The minimum absolute atomic E-state index is 0.974. The van der Waals surface area contributed by atoms with E-state index in [2.05, 4.69) is 50.7 Å². The highest BCUT2D eigenvalue weighted by Gasteiger charge is 2.25. The summed E-state index contributed by atoms with van der Waals surface area (Å²) in [5.41, 5.74) is 1.53. The average Bonchev–Trinajstić information content (AvgIpc) is 2.42. The zero-order valence-electron chi connectivity index (χ0n) is 12.5. The normalized spacial score (nSPS) is 11.7. The standard InChI is InChI=1S/C17H30Si/c1-4-6-14-18(3,15-7-5-2)16-13-17-11-9-8-10-12-17/h8-12H,4-7,13-16H2,1-3H3. The van der Waals surface area contributed by atoms with E-state index < -0.39 is 8.07 Å². The second-order valence-corrected chi connectivity index (χ2v) is 11.1. The lowest BCUT2D eigenvalue weighted by molar-refractivity contribution is 0.817. The molecule has 0 aromatic heterocycles. The molecule has 0 fully saturated rings. The molecule has 0 nitrogen and oxygen atoms in total. The van der Waals surface area contributed by atoms with Gasteiger partial charge < -0.3 is 0 Å². The van der Waals surface area contributed by atoms with Gasteiger partial charge in [0.15, 0.2) is 0 Å². The predicted molar refractivity (Wildman–Crippen MR) is 86.0 cm³/mol. The van der Waals surface area contributed by atoms with Crippen molar-refractivity contribution in [1.82, 2.24) is 0 Å². The first kappa shape index (κ1) is 15.5. The first-order valence-corrected chi connectivity index (χ1v) is 10.9. The first-order chi connectivity index (χ1) is 8.70. The van der Waals surface area contributed by atoms with Crippen molar-refractivity contribution >= 4 is 8.07 Å². The van der Waals surface area contributed by atoms with Crippen LogP contribution in [-0.2, 0) is 6.42 Å². The number of hydrogen-bond donors (Lipinski definition) is 0. The Morgan fingerprint density at radius 3 is 1.89 bits per heavy atom. The summed E-state index contributed by atoms with van der Waals surface area (Å²) in [6, 6.07) is 15.6. The number of hydrogen-bond acceptors (Lipinski definition) is 0. The van der Waals surface area contributed by atoms with E-state index in [0.29, 0.717) is 0 Å². The van der Waals surface area contributed by atoms with E-state index in [1.54, 1.807) is 0 Å². The summed E-state index contributed by atoms with van der Waals surface area (Å²) in [5.74, 6) is 0. The van der Waals surface area contributed by atoms with E-state index >= 15 is 0 Å². The van der Waals surface area contributed by atoms with Crippen LogP contribution in [0, 0.1) is 0 Å². The highest BCUT2D eigenvalue weighted by atomic mass is 28.3. The van der Waals surface area contributed by atoms with Crippen LogP contribution in [0.4, 0.5) is 0 Å². The van der Waals surface area contributed by atoms with Crippen molar-refractivity contribution in [3.05, 3.63) is 35.9 Å². The quantitative estimate of drug-likeness (QED) is 0.485. The third kappa shape index (κ3) is 5.86. The summed E-state index contributed by atoms with van der Waals surface area (Å²) in [4.78, 5) is 0. The maximum atomic E-state index is 2.64. The van der Waals surface area contributed by atoms with E-state index in [1.165, 1.54) is 55.8 Å². The molecule has 18 heavy (non-hydrogen) atoms. The van der Waals surface area contributed by atoms with Crippen molar-refractivity contribution in [2.45, 2.75) is 70.6 Å². The van der Waals surface area contributed by atoms with Crippen LogP contribution in [0.5, 0.6) is 0 Å². The van der Waals surface area contributed by atoms with Crippen LogP contribution in [0.2, 0.25) is 24.7 Å². The zero-order chi connectivity index (χ0) is 13.3. The Bertz CT molecular complexity index is 297. The van der Waals surface area contributed by atoms with E-state index in [4.69, 9.17) is 0 Å². The molecule has 0 unspecified atom stereocenters. The second kappa shape index (κ2) is 8.52. The first-order valence-electron chi connectivity index (χ1n) is 7.74. The molecule has 0 saturated heterocycles. The lowest BCUT2D eigenvalue weighted by atomic mass is 10.2. The molecule has 0 aliphatic rings. The molecule has 0 saturated carbocycles. The van der Waals surface area contributed by atoms with Crippen LogP contribution < -0.4 is 0 Å². The predicted octanol–water partition coefficient (Wildman–Crippen LogP) is 5.91. The van der Waals surface area contributed by atoms with Gasteiger partial charge in [0.05, 0.1) is 8.07 Å². The molecule has 0 N–H and O–H groups in total. The van der Waals surface area contributed by atoms with Gasteiger partial charge in [-0.3, -0.25) is 0 Å². The fourth-order valence-corrected chi connectivity index (χ4v) is 6.73. The van der Waals surface area contributed by atoms with Crippen molar-refractivity contribution in [3.8, 4) is 0 Å². The Balaban J connectivity index is 2.49. The Morgan fingerprint density at radius 1 is 0.833 bits per heavy atom. The van der Waals surface area contributed by atoms with Gasteiger partial charge in [-0.1, -0.05) is 94.5 Å². The molecular weight excluding hydrogens is 232 g/mol. The summed E-state index contributed by atoms with van der Waals surface area (Å²) >= 11 is 0. The van der Waals surface area contributed by atoms with Gasteiger partial charge >= 0.3 is 0 Å². The summed E-state index contributed by atoms with van der Waals surface area (Å²) in [7, 11) is -0.974. The van der Waals surface area contributed by atoms with E-state index in [1.807, 2.05) is 0 Å². The van der Waals surface area contributed by atoms with Gasteiger partial charge in [-0.25, -0.2) is 0 Å². The van der Waals surface area contributed by atoms with Crippen LogP contribution in [0.25, 0.3) is 0 Å². The highest BCUT2D eigenvalue weighted by molar-refractivity contribution is 6.78. The highest BCUT2D eigenvalue weighted by Crippen LogP contribution is 2.27. The lowest BCUT2D eigenvalue weighted by Crippen LogP contribution is -2.30. The van der Waals surface area contributed by atoms with E-state index in [9.17, 15) is 0 Å². The van der Waals surface area contributed by atoms with E-state index in [-0.39, 0.29) is 0 Å². The maximum Gasteiger partial charge on any atom is 0.0508 e. The Labute approximate surface area is 115 Å². The largest absolute Gasteiger partial charge is 0.0691 e. The van der Waals surface area contributed by atoms with Crippen molar-refractivity contribution in [1.29, 1.82) is 0 Å². The van der Waals surface area contributed by atoms with Crippen molar-refractivity contribution in [2.75, 3.05) is 0 Å². The number of benzene rings is 1. The molecule has 1 rings (SSSR count). The van der Waals surface area contributed by atoms with Gasteiger partial charge in [-0.05, 0) is 12.0 Å². The molecule has 0 radical (unpaired) electrons. The molecule has 102 valence electrons. The molecular formula is C17H30Si. The Hall–Kier alpha value is -0.563. The van der Waals surface area contributed by atoms with Crippen LogP contribution in [-0.4, -0.2) is 8.07 Å². The second-order valence-electron chi connectivity index (χ2n) is 6.00. The van der Waals surface area contributed by atoms with Gasteiger partial charge in [0.2, 0.25) is 0 Å². The zero-order valence-corrected chi connectivity index (χ0v) is 13.5. The fourth-order valence-electron chi connectivity index (χ4n) is 2.67. The van der Waals surface area contributed by atoms with Crippen molar-refractivity contribution in [2.24, 2.45) is 0 Å². The Morgan fingerprint density at radius 2 is 1.39 bits per heavy atom. The van der Waals surface area contributed by atoms with E-state index in [0.717, 1.165) is 0 Å². The van der Waals surface area contributed by atoms with Crippen LogP contribution in [0.1, 0.15) is 45.1 Å². The topological polar surface area (TPSA) is 0 Å². The molecule has 0 heterocycles. The number of aryl methyl sites for hydroxylation is 1. The minimum Gasteiger partial charge on any atom is -0.0691 e. The summed E-state index contributed by atoms with van der Waals surface area (Å²) < 4.78 is 0. The average molecular weight is 263 g/mol. The van der Waals surface area contributed by atoms with Crippen molar-refractivity contribution < 1.29 is 0 Å². The van der Waals surface area contributed by atoms with Crippen LogP contribution >= 0.6 is 0 Å². The molecule has 0 bridgehead atoms. The van der Waals surface area contributed by atoms with Crippen molar-refractivity contribution in [3.63, 3.8) is 0 Å².